The number of carbonyl (C=O) groups is 1. The first-order valence-corrected chi connectivity index (χ1v) is 5.10. The first-order valence-electron chi connectivity index (χ1n) is 4.31. The second-order valence-corrected chi connectivity index (χ2v) is 3.78. The number of aromatic carboxylic acids is 1. The van der Waals surface area contributed by atoms with Crippen molar-refractivity contribution >= 4 is 21.9 Å². The number of hydrogen-bond acceptors (Lipinski definition) is 2. The van der Waals surface area contributed by atoms with Crippen LogP contribution in [0.15, 0.2) is 22.7 Å². The third-order valence-electron chi connectivity index (χ3n) is 1.64. The minimum atomic E-state index is -0.951. The van der Waals surface area contributed by atoms with E-state index in [0.29, 0.717) is 12.1 Å². The number of carboxylic acid groups (broad SMARTS) is 1. The van der Waals surface area contributed by atoms with Gasteiger partial charge in [0.25, 0.3) is 0 Å². The topological polar surface area (TPSA) is 49.3 Å². The van der Waals surface area contributed by atoms with Crippen molar-refractivity contribution in [3.63, 3.8) is 0 Å². The number of rotatable bonds is 2. The summed E-state index contributed by atoms with van der Waals surface area (Å²) in [6, 6.07) is 4.89. The Kier molecular flexibility index (Phi) is 4.35. The summed E-state index contributed by atoms with van der Waals surface area (Å²) in [5, 5.41) is 11.7. The number of hydrogen-bond donors (Lipinski definition) is 2. The SMILES string of the molecule is CNCC#Cc1cc(Br)cc(C(=O)O)c1. The summed E-state index contributed by atoms with van der Waals surface area (Å²) in [6.45, 7) is 0.578. The van der Waals surface area contributed by atoms with Gasteiger partial charge >= 0.3 is 5.97 Å². The Balaban J connectivity index is 3.00. The van der Waals surface area contributed by atoms with Crippen molar-refractivity contribution in [3.05, 3.63) is 33.8 Å². The van der Waals surface area contributed by atoms with Crippen molar-refractivity contribution in [3.8, 4) is 11.8 Å². The standard InChI is InChI=1S/C11H10BrNO2/c1-13-4-2-3-8-5-9(11(14)15)7-10(12)6-8/h5-7,13H,4H2,1H3,(H,14,15). The predicted octanol–water partition coefficient (Wildman–Crippen LogP) is 1.72. The van der Waals surface area contributed by atoms with Crippen LogP contribution >= 0.6 is 15.9 Å². The molecule has 1 aromatic rings. The van der Waals surface area contributed by atoms with Crippen LogP contribution in [0.4, 0.5) is 0 Å². The van der Waals surface area contributed by atoms with E-state index in [2.05, 4.69) is 33.1 Å². The monoisotopic (exact) mass is 267 g/mol. The van der Waals surface area contributed by atoms with Gasteiger partial charge in [-0.05, 0) is 25.2 Å². The van der Waals surface area contributed by atoms with Crippen molar-refractivity contribution in [2.75, 3.05) is 13.6 Å². The first-order chi connectivity index (χ1) is 7.13. The van der Waals surface area contributed by atoms with Crippen molar-refractivity contribution in [2.24, 2.45) is 0 Å². The van der Waals surface area contributed by atoms with E-state index in [1.54, 1.807) is 25.2 Å². The van der Waals surface area contributed by atoms with Crippen molar-refractivity contribution in [1.29, 1.82) is 0 Å². The lowest BCUT2D eigenvalue weighted by molar-refractivity contribution is 0.0697. The van der Waals surface area contributed by atoms with Gasteiger partial charge in [-0.15, -0.1) is 0 Å². The zero-order valence-corrected chi connectivity index (χ0v) is 9.76. The molecule has 0 aliphatic heterocycles. The van der Waals surface area contributed by atoms with E-state index in [4.69, 9.17) is 5.11 Å². The van der Waals surface area contributed by atoms with Gasteiger partial charge < -0.3 is 10.4 Å². The van der Waals surface area contributed by atoms with Gasteiger partial charge in [-0.2, -0.15) is 0 Å². The van der Waals surface area contributed by atoms with Crippen LogP contribution in [0.3, 0.4) is 0 Å². The Morgan fingerprint density at radius 2 is 2.27 bits per heavy atom. The molecule has 3 nitrogen and oxygen atoms in total. The van der Waals surface area contributed by atoms with Gasteiger partial charge in [0, 0.05) is 10.0 Å². The second-order valence-electron chi connectivity index (χ2n) is 2.87. The molecule has 0 saturated heterocycles. The van der Waals surface area contributed by atoms with E-state index < -0.39 is 5.97 Å². The fraction of sp³-hybridized carbons (Fsp3) is 0.182. The maximum absolute atomic E-state index is 10.8. The first kappa shape index (κ1) is 11.8. The lowest BCUT2D eigenvalue weighted by atomic mass is 10.1. The summed E-state index contributed by atoms with van der Waals surface area (Å²) in [6.07, 6.45) is 0. The highest BCUT2D eigenvalue weighted by Crippen LogP contribution is 2.15. The van der Waals surface area contributed by atoms with E-state index >= 15 is 0 Å². The molecule has 0 amide bonds. The summed E-state index contributed by atoms with van der Waals surface area (Å²) >= 11 is 3.24. The van der Waals surface area contributed by atoms with E-state index in [1.807, 2.05) is 0 Å². The van der Waals surface area contributed by atoms with Crippen molar-refractivity contribution in [1.82, 2.24) is 5.32 Å². The van der Waals surface area contributed by atoms with Gasteiger partial charge in [0.2, 0.25) is 0 Å². The fourth-order valence-electron chi connectivity index (χ4n) is 1.02. The molecule has 0 atom stereocenters. The number of halogens is 1. The number of carboxylic acids is 1. The van der Waals surface area contributed by atoms with Crippen molar-refractivity contribution < 1.29 is 9.90 Å². The molecule has 4 heteroatoms. The molecule has 2 N–H and O–H groups in total. The molecule has 0 heterocycles. The Bertz CT molecular complexity index is 432. The Morgan fingerprint density at radius 3 is 2.87 bits per heavy atom. The molecule has 1 aromatic carbocycles. The van der Waals surface area contributed by atoms with E-state index in [-0.39, 0.29) is 5.56 Å². The lowest BCUT2D eigenvalue weighted by Gasteiger charge is -1.97. The van der Waals surface area contributed by atoms with E-state index in [0.717, 1.165) is 4.47 Å². The third kappa shape index (κ3) is 3.74. The third-order valence-corrected chi connectivity index (χ3v) is 2.10. The molecular weight excluding hydrogens is 258 g/mol. The van der Waals surface area contributed by atoms with Gasteiger partial charge in [-0.1, -0.05) is 27.8 Å². The maximum Gasteiger partial charge on any atom is 0.335 e. The van der Waals surface area contributed by atoms with E-state index in [1.165, 1.54) is 0 Å². The van der Waals surface area contributed by atoms with Gasteiger partial charge in [0.1, 0.15) is 0 Å². The number of nitrogens with one attached hydrogen (secondary N) is 1. The quantitative estimate of drug-likeness (QED) is 0.803. The molecule has 0 saturated carbocycles. The molecule has 1 rings (SSSR count). The largest absolute Gasteiger partial charge is 0.478 e. The molecule has 15 heavy (non-hydrogen) atoms. The normalized spacial score (nSPS) is 9.20. The number of benzene rings is 1. The lowest BCUT2D eigenvalue weighted by Crippen LogP contribution is -2.04. The average molecular weight is 268 g/mol. The predicted molar refractivity (Wildman–Crippen MR) is 61.9 cm³/mol. The molecule has 0 aromatic heterocycles. The van der Waals surface area contributed by atoms with Crippen LogP contribution in [0.5, 0.6) is 0 Å². The molecule has 0 aliphatic carbocycles. The second kappa shape index (κ2) is 5.54. The Morgan fingerprint density at radius 1 is 1.53 bits per heavy atom. The summed E-state index contributed by atoms with van der Waals surface area (Å²) in [5.41, 5.74) is 0.926. The zero-order valence-electron chi connectivity index (χ0n) is 8.17. The molecule has 0 fully saturated rings. The van der Waals surface area contributed by atoms with Crippen LogP contribution in [0.25, 0.3) is 0 Å². The van der Waals surface area contributed by atoms with Crippen molar-refractivity contribution in [2.45, 2.75) is 0 Å². The zero-order chi connectivity index (χ0) is 11.3. The molecule has 0 aliphatic rings. The molecular formula is C11H10BrNO2. The highest BCUT2D eigenvalue weighted by atomic mass is 79.9. The Hall–Kier alpha value is -1.31. The minimum absolute atomic E-state index is 0.234. The van der Waals surface area contributed by atoms with Gasteiger partial charge in [-0.25, -0.2) is 4.79 Å². The van der Waals surface area contributed by atoms with Crippen LogP contribution in [0, 0.1) is 11.8 Å². The summed E-state index contributed by atoms with van der Waals surface area (Å²) in [7, 11) is 1.80. The Labute approximate surface area is 96.6 Å². The van der Waals surface area contributed by atoms with Gasteiger partial charge in [-0.3, -0.25) is 0 Å². The highest BCUT2D eigenvalue weighted by molar-refractivity contribution is 9.10. The smallest absolute Gasteiger partial charge is 0.335 e. The fourth-order valence-corrected chi connectivity index (χ4v) is 1.51. The van der Waals surface area contributed by atoms with Gasteiger partial charge in [0.15, 0.2) is 0 Å². The summed E-state index contributed by atoms with van der Waals surface area (Å²) in [5.74, 6) is 4.79. The van der Waals surface area contributed by atoms with Crippen LogP contribution in [-0.2, 0) is 0 Å². The summed E-state index contributed by atoms with van der Waals surface area (Å²) in [4.78, 5) is 10.8. The van der Waals surface area contributed by atoms with E-state index in [9.17, 15) is 4.79 Å². The van der Waals surface area contributed by atoms with Gasteiger partial charge in [0.05, 0.1) is 12.1 Å². The minimum Gasteiger partial charge on any atom is -0.478 e. The maximum atomic E-state index is 10.8. The molecule has 0 unspecified atom stereocenters. The van der Waals surface area contributed by atoms with Crippen LogP contribution in [0.1, 0.15) is 15.9 Å². The van der Waals surface area contributed by atoms with Crippen LogP contribution < -0.4 is 5.32 Å². The average Bonchev–Trinajstić information content (AvgIpc) is 2.17. The molecule has 0 spiro atoms. The summed E-state index contributed by atoms with van der Waals surface area (Å²) < 4.78 is 0.719. The molecule has 78 valence electrons. The van der Waals surface area contributed by atoms with Crippen LogP contribution in [0.2, 0.25) is 0 Å². The molecule has 0 bridgehead atoms. The van der Waals surface area contributed by atoms with Crippen LogP contribution in [-0.4, -0.2) is 24.7 Å². The highest BCUT2D eigenvalue weighted by Gasteiger charge is 2.04. The molecule has 0 radical (unpaired) electrons.